The van der Waals surface area contributed by atoms with Crippen LogP contribution in [0, 0.1) is 11.8 Å². The average Bonchev–Trinajstić information content (AvgIpc) is 2.44. The van der Waals surface area contributed by atoms with Gasteiger partial charge in [-0.1, -0.05) is 0 Å². The third-order valence-electron chi connectivity index (χ3n) is 2.49. The zero-order chi connectivity index (χ0) is 7.14. The Labute approximate surface area is 69.2 Å². The van der Waals surface area contributed by atoms with Crippen LogP contribution in [0.5, 0.6) is 0 Å². The van der Waals surface area contributed by atoms with E-state index in [1.165, 1.54) is 6.42 Å². The van der Waals surface area contributed by atoms with Gasteiger partial charge in [-0.3, -0.25) is 0 Å². The van der Waals surface area contributed by atoms with Gasteiger partial charge in [0, 0.05) is 0 Å². The summed E-state index contributed by atoms with van der Waals surface area (Å²) < 4.78 is 0. The fourth-order valence-corrected chi connectivity index (χ4v) is 5.42. The molecule has 2 unspecified atom stereocenters. The molecule has 1 saturated heterocycles. The van der Waals surface area contributed by atoms with Crippen LogP contribution in [-0.4, -0.2) is 15.0 Å². The fourth-order valence-electron chi connectivity index (χ4n) is 1.99. The molecule has 10 heavy (non-hydrogen) atoms. The molecule has 0 nitrogen and oxygen atoms in total. The van der Waals surface area contributed by atoms with E-state index >= 15 is 0 Å². The van der Waals surface area contributed by atoms with E-state index < -0.39 is 0 Å². The topological polar surface area (TPSA) is 0 Å². The molecule has 1 heteroatoms. The summed E-state index contributed by atoms with van der Waals surface area (Å²) in [5, 5.41) is 0. The summed E-state index contributed by atoms with van der Waals surface area (Å²) in [5.74, 6) is 1.91. The summed E-state index contributed by atoms with van der Waals surface area (Å²) in [6.07, 6.45) is 6.40. The minimum absolute atomic E-state index is 0.931. The van der Waals surface area contributed by atoms with Gasteiger partial charge >= 0.3 is 68.8 Å². The van der Waals surface area contributed by atoms with E-state index in [0.29, 0.717) is 0 Å². The predicted octanol–water partition coefficient (Wildman–Crippen LogP) is 2.51. The zero-order valence-electron chi connectivity index (χ0n) is 6.58. The third kappa shape index (κ3) is 0.963. The van der Waals surface area contributed by atoms with E-state index in [1.807, 2.05) is 0 Å². The van der Waals surface area contributed by atoms with Gasteiger partial charge in [0.2, 0.25) is 0 Å². The molecule has 1 heterocycles. The summed E-state index contributed by atoms with van der Waals surface area (Å²) in [5.41, 5.74) is 0. The van der Waals surface area contributed by atoms with Crippen molar-refractivity contribution < 1.29 is 0 Å². The van der Waals surface area contributed by atoms with Gasteiger partial charge < -0.3 is 0 Å². The molecule has 0 aromatic rings. The van der Waals surface area contributed by atoms with Gasteiger partial charge in [0.25, 0.3) is 0 Å². The molecular weight excluding hydrogens is 187 g/mol. The molecule has 2 bridgehead atoms. The van der Waals surface area contributed by atoms with Crippen LogP contribution >= 0.6 is 0 Å². The van der Waals surface area contributed by atoms with E-state index in [2.05, 4.69) is 26.0 Å². The van der Waals surface area contributed by atoms with Gasteiger partial charge in [-0.2, -0.15) is 0 Å². The van der Waals surface area contributed by atoms with Crippen molar-refractivity contribution in [3.63, 3.8) is 0 Å². The quantitative estimate of drug-likeness (QED) is 0.451. The normalized spacial score (nSPS) is 43.7. The van der Waals surface area contributed by atoms with Crippen LogP contribution in [0.15, 0.2) is 12.2 Å². The summed E-state index contributed by atoms with van der Waals surface area (Å²) in [4.78, 5) is 2.09. The number of allylic oxidation sites excluding steroid dienone is 2. The summed E-state index contributed by atoms with van der Waals surface area (Å²) in [6.45, 7) is 4.75. The van der Waals surface area contributed by atoms with E-state index in [1.54, 1.807) is 0 Å². The van der Waals surface area contributed by atoms with Crippen molar-refractivity contribution in [2.24, 2.45) is 11.8 Å². The Kier molecular flexibility index (Phi) is 1.66. The maximum absolute atomic E-state index is 2.46. The fraction of sp³-hybridized carbons (Fsp3) is 0.778. The minimum atomic E-state index is 0.931. The number of hydrogen-bond acceptors (Lipinski definition) is 0. The van der Waals surface area contributed by atoms with Crippen LogP contribution in [-0.2, 0) is 0 Å². The Balaban J connectivity index is 2.09. The van der Waals surface area contributed by atoms with Gasteiger partial charge in [0.1, 0.15) is 0 Å². The Hall–Kier alpha value is 0.259. The molecule has 0 spiro atoms. The van der Waals surface area contributed by atoms with E-state index in [0.717, 1.165) is 36.4 Å². The van der Waals surface area contributed by atoms with Crippen LogP contribution in [0.2, 0.25) is 9.63 Å². The van der Waals surface area contributed by atoms with Gasteiger partial charge in [0.05, 0.1) is 0 Å². The van der Waals surface area contributed by atoms with Crippen molar-refractivity contribution in [2.45, 2.75) is 29.9 Å². The molecule has 0 aromatic heterocycles. The van der Waals surface area contributed by atoms with Gasteiger partial charge in [-0.05, 0) is 0 Å². The summed E-state index contributed by atoms with van der Waals surface area (Å²) in [7, 11) is 0. The molecule has 0 N–H and O–H groups in total. The van der Waals surface area contributed by atoms with Crippen molar-refractivity contribution in [3.05, 3.63) is 12.2 Å². The van der Waals surface area contributed by atoms with E-state index in [-0.39, 0.29) is 0 Å². The molecule has 2 aliphatic rings. The molecule has 1 aliphatic heterocycles. The van der Waals surface area contributed by atoms with Crippen LogP contribution in [0.25, 0.3) is 0 Å². The van der Waals surface area contributed by atoms with Crippen molar-refractivity contribution in [1.82, 2.24) is 0 Å². The van der Waals surface area contributed by atoms with E-state index in [4.69, 9.17) is 0 Å². The molecule has 3 atom stereocenters. The zero-order valence-corrected chi connectivity index (χ0v) is 8.29. The molecule has 1 fully saturated rings. The van der Waals surface area contributed by atoms with Crippen LogP contribution < -0.4 is 0 Å². The second-order valence-electron chi connectivity index (χ2n) is 3.67. The Bertz CT molecular complexity index is 160. The van der Waals surface area contributed by atoms with Crippen molar-refractivity contribution in [3.8, 4) is 0 Å². The van der Waals surface area contributed by atoms with Crippen molar-refractivity contribution in [1.29, 1.82) is 0 Å². The van der Waals surface area contributed by atoms with Crippen molar-refractivity contribution >= 4 is 15.0 Å². The first-order valence-electron chi connectivity index (χ1n) is 4.11. The first-order chi connectivity index (χ1) is 4.77. The standard InChI is InChI=1S/C9H14Se/c1-6(2)9-7-3-4-8(5-7)10-9/h3-4,6-9H,5H2,1-2H3/t7?,8?,9-/m0/s1. The second kappa shape index (κ2) is 2.39. The van der Waals surface area contributed by atoms with Gasteiger partial charge in [-0.15, -0.1) is 0 Å². The first-order valence-corrected chi connectivity index (χ1v) is 6.09. The number of fused-ring (bicyclic) bond motifs is 2. The molecular formula is C9H14Se. The second-order valence-corrected chi connectivity index (χ2v) is 6.65. The maximum atomic E-state index is 2.46. The third-order valence-corrected chi connectivity index (χ3v) is 6.49. The van der Waals surface area contributed by atoms with E-state index in [9.17, 15) is 0 Å². The summed E-state index contributed by atoms with van der Waals surface area (Å²) in [6, 6.07) is 0. The van der Waals surface area contributed by atoms with Gasteiger partial charge in [-0.25, -0.2) is 0 Å². The Morgan fingerprint density at radius 2 is 2.20 bits per heavy atom. The van der Waals surface area contributed by atoms with Crippen LogP contribution in [0.3, 0.4) is 0 Å². The van der Waals surface area contributed by atoms with Crippen LogP contribution in [0.4, 0.5) is 0 Å². The first kappa shape index (κ1) is 6.94. The average molecular weight is 201 g/mol. The molecule has 0 amide bonds. The molecule has 0 aromatic carbocycles. The number of hydrogen-bond donors (Lipinski definition) is 0. The molecule has 0 saturated carbocycles. The van der Waals surface area contributed by atoms with Crippen LogP contribution in [0.1, 0.15) is 20.3 Å². The van der Waals surface area contributed by atoms with Crippen molar-refractivity contribution in [2.75, 3.05) is 0 Å². The Morgan fingerprint density at radius 1 is 1.40 bits per heavy atom. The summed E-state index contributed by atoms with van der Waals surface area (Å²) >= 11 is 0.938. The SMILES string of the molecule is CC(C)[C@@H]1[Se]C2C=CC1C2. The predicted molar refractivity (Wildman–Crippen MR) is 45.3 cm³/mol. The molecule has 56 valence electrons. The number of rotatable bonds is 1. The molecule has 1 aliphatic carbocycles. The van der Waals surface area contributed by atoms with Gasteiger partial charge in [0.15, 0.2) is 0 Å². The molecule has 0 radical (unpaired) electrons. The molecule has 2 rings (SSSR count). The monoisotopic (exact) mass is 202 g/mol. The Morgan fingerprint density at radius 3 is 2.50 bits per heavy atom.